The van der Waals surface area contributed by atoms with Gasteiger partial charge >= 0.3 is 5.82 Å². The molecule has 2 heterocycles. The second-order valence-corrected chi connectivity index (χ2v) is 4.94. The Morgan fingerprint density at radius 3 is 3.00 bits per heavy atom. The molecule has 8 nitrogen and oxygen atoms in total. The highest BCUT2D eigenvalue weighted by Gasteiger charge is 2.17. The molecule has 0 aliphatic carbocycles. The molecule has 2 N–H and O–H groups in total. The van der Waals surface area contributed by atoms with Gasteiger partial charge in [-0.25, -0.2) is 0 Å². The van der Waals surface area contributed by atoms with E-state index in [4.69, 9.17) is 0 Å². The normalized spacial score (nSPS) is 17.3. The van der Waals surface area contributed by atoms with Crippen LogP contribution in [-0.2, 0) is 11.3 Å². The Balaban J connectivity index is 0.00000220. The van der Waals surface area contributed by atoms with E-state index in [0.29, 0.717) is 31.4 Å². The van der Waals surface area contributed by atoms with E-state index in [9.17, 15) is 14.9 Å². The molecule has 9 heteroatoms. The van der Waals surface area contributed by atoms with Crippen LogP contribution in [0.15, 0.2) is 6.20 Å². The largest absolute Gasteiger partial charge is 0.381 e. The van der Waals surface area contributed by atoms with Crippen LogP contribution in [0, 0.1) is 17.0 Å². The number of nitro groups is 1. The fourth-order valence-corrected chi connectivity index (χ4v) is 2.28. The van der Waals surface area contributed by atoms with E-state index in [1.54, 1.807) is 11.5 Å². The predicted octanol–water partition coefficient (Wildman–Crippen LogP) is 0.780. The standard InChI is InChI=1S/C12H19N5O3.ClH/c1-9-15-11(17(19)20)8-16(9)6-4-12(18)14-7-10-3-2-5-13-10;/h8,10,13H,2-7H2,1H3,(H,14,18);1H. The van der Waals surface area contributed by atoms with Gasteiger partial charge in [0.05, 0.1) is 0 Å². The third-order valence-corrected chi connectivity index (χ3v) is 3.44. The number of nitrogens with zero attached hydrogens (tertiary/aromatic N) is 3. The van der Waals surface area contributed by atoms with Gasteiger partial charge in [0.15, 0.2) is 0 Å². The van der Waals surface area contributed by atoms with Crippen molar-refractivity contribution < 1.29 is 9.72 Å². The summed E-state index contributed by atoms with van der Waals surface area (Å²) in [5, 5.41) is 16.8. The van der Waals surface area contributed by atoms with Crippen molar-refractivity contribution in [1.82, 2.24) is 20.2 Å². The second-order valence-electron chi connectivity index (χ2n) is 4.94. The van der Waals surface area contributed by atoms with Crippen LogP contribution < -0.4 is 10.6 Å². The Morgan fingerprint density at radius 1 is 1.67 bits per heavy atom. The van der Waals surface area contributed by atoms with Crippen LogP contribution >= 0.6 is 12.4 Å². The van der Waals surface area contributed by atoms with Crippen LogP contribution in [0.4, 0.5) is 5.82 Å². The summed E-state index contributed by atoms with van der Waals surface area (Å²) in [4.78, 5) is 25.6. The topological polar surface area (TPSA) is 102 Å². The Hall–Kier alpha value is -1.67. The lowest BCUT2D eigenvalue weighted by molar-refractivity contribution is -0.389. The van der Waals surface area contributed by atoms with Crippen LogP contribution in [0.2, 0.25) is 0 Å². The van der Waals surface area contributed by atoms with E-state index in [1.807, 2.05) is 0 Å². The maximum Gasteiger partial charge on any atom is 0.381 e. The minimum atomic E-state index is -0.532. The van der Waals surface area contributed by atoms with Gasteiger partial charge < -0.3 is 25.3 Å². The van der Waals surface area contributed by atoms with Crippen LogP contribution in [-0.4, -0.2) is 39.5 Å². The van der Waals surface area contributed by atoms with Crippen LogP contribution in [0.3, 0.4) is 0 Å². The number of hydrogen-bond acceptors (Lipinski definition) is 5. The number of nitrogens with one attached hydrogen (secondary N) is 2. The average Bonchev–Trinajstić information content (AvgIpc) is 3.03. The lowest BCUT2D eigenvalue weighted by atomic mass is 10.2. The summed E-state index contributed by atoms with van der Waals surface area (Å²) >= 11 is 0. The molecule has 21 heavy (non-hydrogen) atoms. The summed E-state index contributed by atoms with van der Waals surface area (Å²) in [6.45, 7) is 3.74. The smallest absolute Gasteiger partial charge is 0.358 e. The molecule has 2 rings (SSSR count). The quantitative estimate of drug-likeness (QED) is 0.596. The highest BCUT2D eigenvalue weighted by Crippen LogP contribution is 2.10. The van der Waals surface area contributed by atoms with E-state index >= 15 is 0 Å². The highest BCUT2D eigenvalue weighted by atomic mass is 35.5. The molecule has 0 spiro atoms. The van der Waals surface area contributed by atoms with Crippen molar-refractivity contribution >= 4 is 24.1 Å². The number of amides is 1. The van der Waals surface area contributed by atoms with Crippen molar-refractivity contribution in [1.29, 1.82) is 0 Å². The molecule has 1 aromatic heterocycles. The molecule has 0 bridgehead atoms. The van der Waals surface area contributed by atoms with Crippen molar-refractivity contribution in [2.75, 3.05) is 13.1 Å². The molecule has 1 unspecified atom stereocenters. The monoisotopic (exact) mass is 317 g/mol. The molecule has 1 aliphatic rings. The average molecular weight is 318 g/mol. The summed E-state index contributed by atoms with van der Waals surface area (Å²) in [6.07, 6.45) is 3.90. The Labute approximate surface area is 128 Å². The number of aryl methyl sites for hydroxylation is 2. The molecule has 0 saturated carbocycles. The van der Waals surface area contributed by atoms with E-state index < -0.39 is 4.92 Å². The number of imidazole rings is 1. The highest BCUT2D eigenvalue weighted by molar-refractivity contribution is 5.85. The molecule has 0 aromatic carbocycles. The zero-order valence-corrected chi connectivity index (χ0v) is 12.7. The van der Waals surface area contributed by atoms with Crippen molar-refractivity contribution in [3.05, 3.63) is 22.1 Å². The zero-order chi connectivity index (χ0) is 14.5. The first-order valence-corrected chi connectivity index (χ1v) is 6.74. The van der Waals surface area contributed by atoms with Gasteiger partial charge in [-0.2, -0.15) is 0 Å². The van der Waals surface area contributed by atoms with Gasteiger partial charge in [-0.05, 0) is 29.3 Å². The molecular formula is C12H20ClN5O3. The SMILES string of the molecule is Cc1nc([N+](=O)[O-])cn1CCC(=O)NCC1CCCN1.Cl. The summed E-state index contributed by atoms with van der Waals surface area (Å²) < 4.78 is 1.63. The van der Waals surface area contributed by atoms with Gasteiger partial charge in [-0.1, -0.05) is 0 Å². The number of carbonyl (C=O) groups is 1. The van der Waals surface area contributed by atoms with Gasteiger partial charge in [-0.15, -0.1) is 12.4 Å². The lowest BCUT2D eigenvalue weighted by Crippen LogP contribution is -2.37. The van der Waals surface area contributed by atoms with E-state index in [2.05, 4.69) is 15.6 Å². The summed E-state index contributed by atoms with van der Waals surface area (Å²) in [6, 6.07) is 0.370. The van der Waals surface area contributed by atoms with Gasteiger partial charge in [0.1, 0.15) is 6.20 Å². The van der Waals surface area contributed by atoms with Crippen molar-refractivity contribution in [2.45, 2.75) is 38.8 Å². The Morgan fingerprint density at radius 2 is 2.43 bits per heavy atom. The fraction of sp³-hybridized carbons (Fsp3) is 0.667. The fourth-order valence-electron chi connectivity index (χ4n) is 2.28. The maximum atomic E-state index is 11.7. The summed E-state index contributed by atoms with van der Waals surface area (Å²) in [5.74, 6) is 0.314. The molecule has 1 fully saturated rings. The van der Waals surface area contributed by atoms with Crippen LogP contribution in [0.5, 0.6) is 0 Å². The number of aromatic nitrogens is 2. The van der Waals surface area contributed by atoms with E-state index in [-0.39, 0.29) is 24.1 Å². The minimum absolute atomic E-state index is 0. The van der Waals surface area contributed by atoms with Crippen LogP contribution in [0.1, 0.15) is 25.1 Å². The van der Waals surface area contributed by atoms with Gasteiger partial charge in [0.2, 0.25) is 11.7 Å². The van der Waals surface area contributed by atoms with E-state index in [1.165, 1.54) is 6.20 Å². The van der Waals surface area contributed by atoms with Crippen molar-refractivity contribution in [2.24, 2.45) is 0 Å². The molecule has 1 saturated heterocycles. The minimum Gasteiger partial charge on any atom is -0.358 e. The molecule has 1 amide bonds. The van der Waals surface area contributed by atoms with Crippen molar-refractivity contribution in [3.8, 4) is 0 Å². The van der Waals surface area contributed by atoms with Crippen molar-refractivity contribution in [3.63, 3.8) is 0 Å². The molecule has 1 aromatic rings. The maximum absolute atomic E-state index is 11.7. The second kappa shape index (κ2) is 7.94. The summed E-state index contributed by atoms with van der Waals surface area (Å²) in [5.41, 5.74) is 0. The first-order valence-electron chi connectivity index (χ1n) is 6.74. The van der Waals surface area contributed by atoms with Gasteiger partial charge in [0.25, 0.3) is 0 Å². The first kappa shape index (κ1) is 17.4. The van der Waals surface area contributed by atoms with Crippen LogP contribution in [0.25, 0.3) is 0 Å². The molecular weight excluding hydrogens is 298 g/mol. The number of rotatable bonds is 6. The van der Waals surface area contributed by atoms with Gasteiger partial charge in [-0.3, -0.25) is 4.79 Å². The molecule has 1 atom stereocenters. The number of hydrogen-bond donors (Lipinski definition) is 2. The number of halogens is 1. The molecule has 0 radical (unpaired) electrons. The van der Waals surface area contributed by atoms with Gasteiger partial charge in [0, 0.05) is 32.5 Å². The molecule has 1 aliphatic heterocycles. The number of carbonyl (C=O) groups excluding carboxylic acids is 1. The third kappa shape index (κ3) is 4.98. The first-order chi connectivity index (χ1) is 9.56. The third-order valence-electron chi connectivity index (χ3n) is 3.44. The zero-order valence-electron chi connectivity index (χ0n) is 11.9. The Bertz CT molecular complexity index is 499. The Kier molecular flexibility index (Phi) is 6.57. The predicted molar refractivity (Wildman–Crippen MR) is 79.5 cm³/mol. The summed E-state index contributed by atoms with van der Waals surface area (Å²) in [7, 11) is 0. The molecule has 118 valence electrons. The lowest BCUT2D eigenvalue weighted by Gasteiger charge is -2.11. The van der Waals surface area contributed by atoms with E-state index in [0.717, 1.165) is 19.4 Å².